The SMILES string of the molecule is CC1(C)C2=C(C(=O)c3cc(Br)c(N4CCC(S(C)(=O)=O)CC4)cc31)c1ccc(C#N)cc1C2. The second-order valence-corrected chi connectivity index (χ2v) is 13.0. The zero-order valence-corrected chi connectivity index (χ0v) is 21.3. The number of piperidine rings is 1. The summed E-state index contributed by atoms with van der Waals surface area (Å²) >= 11 is 3.69. The highest BCUT2D eigenvalue weighted by molar-refractivity contribution is 9.10. The van der Waals surface area contributed by atoms with Gasteiger partial charge in [0.2, 0.25) is 0 Å². The molecule has 0 amide bonds. The van der Waals surface area contributed by atoms with Crippen molar-refractivity contribution in [2.24, 2.45) is 0 Å². The summed E-state index contributed by atoms with van der Waals surface area (Å²) in [6, 6.07) is 11.8. The number of rotatable bonds is 2. The number of carbonyl (C=O) groups is 1. The zero-order chi connectivity index (χ0) is 23.7. The third kappa shape index (κ3) is 3.46. The molecule has 7 heteroatoms. The number of hydrogen-bond acceptors (Lipinski definition) is 5. The molecule has 1 fully saturated rings. The Balaban J connectivity index is 1.54. The highest BCUT2D eigenvalue weighted by atomic mass is 79.9. The van der Waals surface area contributed by atoms with Crippen LogP contribution in [0.3, 0.4) is 0 Å². The van der Waals surface area contributed by atoms with Crippen LogP contribution in [0.5, 0.6) is 0 Å². The Kier molecular flexibility index (Phi) is 5.11. The van der Waals surface area contributed by atoms with Gasteiger partial charge in [0.15, 0.2) is 5.78 Å². The van der Waals surface area contributed by atoms with Gasteiger partial charge in [0.05, 0.1) is 22.6 Å². The van der Waals surface area contributed by atoms with Crippen molar-refractivity contribution in [3.8, 4) is 6.07 Å². The van der Waals surface area contributed by atoms with E-state index in [0.717, 1.165) is 38.0 Å². The normalized spacial score (nSPS) is 19.7. The fourth-order valence-electron chi connectivity index (χ4n) is 5.62. The van der Waals surface area contributed by atoms with Gasteiger partial charge in [-0.15, -0.1) is 0 Å². The number of allylic oxidation sites excluding steroid dienone is 2. The average molecular weight is 525 g/mol. The van der Waals surface area contributed by atoms with Gasteiger partial charge in [0.25, 0.3) is 0 Å². The molecule has 33 heavy (non-hydrogen) atoms. The summed E-state index contributed by atoms with van der Waals surface area (Å²) in [7, 11) is -3.03. The molecule has 2 aliphatic carbocycles. The Hall–Kier alpha value is -2.43. The van der Waals surface area contributed by atoms with Crippen molar-refractivity contribution in [1.82, 2.24) is 0 Å². The number of carbonyl (C=O) groups excluding carboxylic acids is 1. The second kappa shape index (κ2) is 7.54. The molecule has 0 atom stereocenters. The Morgan fingerprint density at radius 1 is 1.12 bits per heavy atom. The molecule has 0 unspecified atom stereocenters. The van der Waals surface area contributed by atoms with Gasteiger partial charge in [-0.2, -0.15) is 5.26 Å². The molecule has 0 radical (unpaired) electrons. The van der Waals surface area contributed by atoms with Gasteiger partial charge in [0, 0.05) is 40.4 Å². The van der Waals surface area contributed by atoms with E-state index in [1.165, 1.54) is 6.26 Å². The van der Waals surface area contributed by atoms with Gasteiger partial charge >= 0.3 is 0 Å². The number of halogens is 1. The lowest BCUT2D eigenvalue weighted by Crippen LogP contribution is -2.39. The number of fused-ring (bicyclic) bond motifs is 3. The molecule has 3 aliphatic rings. The molecule has 5 nitrogen and oxygen atoms in total. The Bertz CT molecular complexity index is 1390. The van der Waals surface area contributed by atoms with Crippen LogP contribution < -0.4 is 4.90 Å². The molecule has 1 aliphatic heterocycles. The summed E-state index contributed by atoms with van der Waals surface area (Å²) in [6.45, 7) is 5.66. The number of nitrogens with zero attached hydrogens (tertiary/aromatic N) is 2. The lowest BCUT2D eigenvalue weighted by Gasteiger charge is -2.38. The van der Waals surface area contributed by atoms with E-state index in [9.17, 15) is 18.5 Å². The third-order valence-electron chi connectivity index (χ3n) is 7.55. The highest BCUT2D eigenvalue weighted by Crippen LogP contribution is 2.51. The predicted octanol–water partition coefficient (Wildman–Crippen LogP) is 4.82. The standard InChI is InChI=1S/C26H25BrN2O3S/c1-26(2)20-13-23(29-8-6-17(7-9-29)33(3,31)32)22(27)12-19(20)25(30)24-18-5-4-15(14-28)10-16(18)11-21(24)26/h4-5,10,12-13,17H,6-9,11H2,1-3H3. The molecule has 0 aromatic heterocycles. The van der Waals surface area contributed by atoms with Crippen LogP contribution in [0.1, 0.15) is 59.3 Å². The molecule has 0 saturated carbocycles. The molecular weight excluding hydrogens is 500 g/mol. The quantitative estimate of drug-likeness (QED) is 0.562. The van der Waals surface area contributed by atoms with E-state index < -0.39 is 9.84 Å². The summed E-state index contributed by atoms with van der Waals surface area (Å²) < 4.78 is 24.8. The maximum Gasteiger partial charge on any atom is 0.193 e. The number of ketones is 1. The van der Waals surface area contributed by atoms with E-state index in [1.54, 1.807) is 6.07 Å². The minimum Gasteiger partial charge on any atom is -0.371 e. The van der Waals surface area contributed by atoms with Crippen molar-refractivity contribution >= 4 is 42.8 Å². The molecule has 1 saturated heterocycles. The first-order valence-corrected chi connectivity index (χ1v) is 13.9. The van der Waals surface area contributed by atoms with E-state index in [2.05, 4.69) is 46.8 Å². The lowest BCUT2D eigenvalue weighted by atomic mass is 9.68. The van der Waals surface area contributed by atoms with Gasteiger partial charge in [-0.25, -0.2) is 8.42 Å². The first-order valence-electron chi connectivity index (χ1n) is 11.1. The number of nitriles is 1. The lowest BCUT2D eigenvalue weighted by molar-refractivity contribution is 0.105. The average Bonchev–Trinajstić information content (AvgIpc) is 3.17. The number of hydrogen-bond donors (Lipinski definition) is 0. The minimum absolute atomic E-state index is 0.0332. The summed E-state index contributed by atoms with van der Waals surface area (Å²) in [5.74, 6) is 0.0332. The van der Waals surface area contributed by atoms with E-state index in [4.69, 9.17) is 0 Å². The van der Waals surface area contributed by atoms with Crippen LogP contribution in [-0.4, -0.2) is 38.8 Å². The van der Waals surface area contributed by atoms with Crippen molar-refractivity contribution in [2.45, 2.75) is 43.8 Å². The van der Waals surface area contributed by atoms with Crippen LogP contribution in [0.15, 0.2) is 40.4 Å². The molecule has 5 rings (SSSR count). The van der Waals surface area contributed by atoms with E-state index >= 15 is 0 Å². The van der Waals surface area contributed by atoms with Crippen molar-refractivity contribution in [3.05, 3.63) is 68.2 Å². The van der Waals surface area contributed by atoms with Gasteiger partial charge in [-0.1, -0.05) is 19.9 Å². The molecule has 0 N–H and O–H groups in total. The Morgan fingerprint density at radius 2 is 1.82 bits per heavy atom. The third-order valence-corrected chi connectivity index (χ3v) is 9.86. The molecule has 0 spiro atoms. The first kappa shape index (κ1) is 22.4. The van der Waals surface area contributed by atoms with Crippen LogP contribution in [0.4, 0.5) is 5.69 Å². The monoisotopic (exact) mass is 524 g/mol. The van der Waals surface area contributed by atoms with Crippen molar-refractivity contribution in [1.29, 1.82) is 5.26 Å². The van der Waals surface area contributed by atoms with E-state index in [0.29, 0.717) is 43.5 Å². The van der Waals surface area contributed by atoms with Gasteiger partial charge in [-0.05, 0) is 81.7 Å². The van der Waals surface area contributed by atoms with Gasteiger partial charge in [0.1, 0.15) is 9.84 Å². The Morgan fingerprint density at radius 3 is 2.45 bits per heavy atom. The van der Waals surface area contributed by atoms with E-state index in [-0.39, 0.29) is 16.4 Å². The summed E-state index contributed by atoms with van der Waals surface area (Å²) in [5.41, 5.74) is 6.85. The first-order chi connectivity index (χ1) is 15.5. The zero-order valence-electron chi connectivity index (χ0n) is 18.9. The van der Waals surface area contributed by atoms with Crippen LogP contribution in [0.25, 0.3) is 5.57 Å². The van der Waals surface area contributed by atoms with Crippen LogP contribution >= 0.6 is 15.9 Å². The van der Waals surface area contributed by atoms with Crippen molar-refractivity contribution in [3.63, 3.8) is 0 Å². The van der Waals surface area contributed by atoms with Crippen LogP contribution in [0.2, 0.25) is 0 Å². The molecular formula is C26H25BrN2O3S. The molecule has 1 heterocycles. The van der Waals surface area contributed by atoms with Crippen LogP contribution in [-0.2, 0) is 21.7 Å². The number of sulfone groups is 1. The van der Waals surface area contributed by atoms with Gasteiger partial charge in [-0.3, -0.25) is 4.79 Å². The fraction of sp³-hybridized carbons (Fsp3) is 0.385. The molecule has 2 aromatic carbocycles. The predicted molar refractivity (Wildman–Crippen MR) is 133 cm³/mol. The maximum atomic E-state index is 13.7. The smallest absolute Gasteiger partial charge is 0.193 e. The highest BCUT2D eigenvalue weighted by Gasteiger charge is 2.43. The number of Topliss-reactive ketones (excluding diaryl/α,β-unsaturated/α-hetero) is 1. The fourth-order valence-corrected chi connectivity index (χ4v) is 7.28. The number of benzene rings is 2. The Labute approximate surface area is 203 Å². The second-order valence-electron chi connectivity index (χ2n) is 9.83. The minimum atomic E-state index is -3.03. The largest absolute Gasteiger partial charge is 0.371 e. The summed E-state index contributed by atoms with van der Waals surface area (Å²) in [6.07, 6.45) is 3.21. The topological polar surface area (TPSA) is 78.2 Å². The summed E-state index contributed by atoms with van der Waals surface area (Å²) in [5, 5.41) is 9.01. The van der Waals surface area contributed by atoms with E-state index in [1.807, 2.05) is 18.2 Å². The maximum absolute atomic E-state index is 13.7. The van der Waals surface area contributed by atoms with Crippen molar-refractivity contribution in [2.75, 3.05) is 24.2 Å². The molecule has 170 valence electrons. The molecule has 2 aromatic rings. The van der Waals surface area contributed by atoms with Gasteiger partial charge < -0.3 is 4.90 Å². The van der Waals surface area contributed by atoms with Crippen LogP contribution in [0, 0.1) is 11.3 Å². The van der Waals surface area contributed by atoms with Crippen molar-refractivity contribution < 1.29 is 13.2 Å². The number of anilines is 1. The summed E-state index contributed by atoms with van der Waals surface area (Å²) in [4.78, 5) is 15.9. The molecule has 0 bridgehead atoms.